The fourth-order valence-electron chi connectivity index (χ4n) is 4.90. The first-order valence-corrected chi connectivity index (χ1v) is 14.2. The van der Waals surface area contributed by atoms with E-state index in [0.717, 1.165) is 18.4 Å². The van der Waals surface area contributed by atoms with Crippen molar-refractivity contribution in [2.24, 2.45) is 5.92 Å². The van der Waals surface area contributed by atoms with Crippen molar-refractivity contribution in [1.29, 1.82) is 0 Å². The predicted molar refractivity (Wildman–Crippen MR) is 152 cm³/mol. The van der Waals surface area contributed by atoms with Crippen molar-refractivity contribution < 1.29 is 19.1 Å². The minimum atomic E-state index is -0.0310. The van der Waals surface area contributed by atoms with Crippen LogP contribution in [0.4, 0.5) is 0 Å². The van der Waals surface area contributed by atoms with E-state index < -0.39 is 0 Å². The average molecular weight is 535 g/mol. The van der Waals surface area contributed by atoms with Crippen LogP contribution in [0.2, 0.25) is 0 Å². The molecule has 1 heterocycles. The minimum Gasteiger partial charge on any atom is -0.493 e. The molecule has 1 aromatic heterocycles. The summed E-state index contributed by atoms with van der Waals surface area (Å²) in [7, 11) is 3.24. The molecule has 2 atom stereocenters. The highest BCUT2D eigenvalue weighted by Gasteiger charge is 2.45. The first kappa shape index (κ1) is 27.7. The monoisotopic (exact) mass is 534 g/mol. The molecule has 1 fully saturated rings. The molecular formula is C31H38N2O4S. The first-order chi connectivity index (χ1) is 18.4. The summed E-state index contributed by atoms with van der Waals surface area (Å²) < 4.78 is 10.8. The number of rotatable bonds is 13. The van der Waals surface area contributed by atoms with Gasteiger partial charge in [0.1, 0.15) is 0 Å². The topological polar surface area (TPSA) is 59.1 Å². The molecule has 2 amide bonds. The molecule has 7 heteroatoms. The van der Waals surface area contributed by atoms with E-state index >= 15 is 0 Å². The van der Waals surface area contributed by atoms with Crippen LogP contribution in [-0.2, 0) is 22.6 Å². The van der Waals surface area contributed by atoms with Gasteiger partial charge in [-0.15, -0.1) is 11.3 Å². The van der Waals surface area contributed by atoms with Gasteiger partial charge in [0.25, 0.3) is 0 Å². The number of nitrogens with zero attached hydrogens (tertiary/aromatic N) is 2. The maximum Gasteiger partial charge on any atom is 0.242 e. The van der Waals surface area contributed by atoms with Crippen LogP contribution in [0.15, 0.2) is 60.0 Å². The van der Waals surface area contributed by atoms with E-state index in [1.54, 1.807) is 30.5 Å². The van der Waals surface area contributed by atoms with Gasteiger partial charge in [-0.05, 0) is 72.4 Å². The first-order valence-electron chi connectivity index (χ1n) is 13.3. The van der Waals surface area contributed by atoms with Crippen molar-refractivity contribution >= 4 is 23.2 Å². The molecule has 2 aromatic carbocycles. The van der Waals surface area contributed by atoms with Gasteiger partial charge in [0.15, 0.2) is 11.5 Å². The summed E-state index contributed by atoms with van der Waals surface area (Å²) >= 11 is 1.67. The van der Waals surface area contributed by atoms with Crippen molar-refractivity contribution in [2.75, 3.05) is 33.9 Å². The second-order valence-corrected chi connectivity index (χ2v) is 10.9. The Morgan fingerprint density at radius 2 is 1.74 bits per heavy atom. The molecule has 0 aliphatic heterocycles. The number of methoxy groups -OCH3 is 2. The molecule has 202 valence electrons. The number of carbonyl (C=O) groups is 2. The van der Waals surface area contributed by atoms with Crippen molar-refractivity contribution in [3.05, 3.63) is 81.5 Å². The third-order valence-corrected chi connectivity index (χ3v) is 8.25. The Morgan fingerprint density at radius 3 is 2.39 bits per heavy atom. The maximum atomic E-state index is 13.7. The summed E-state index contributed by atoms with van der Waals surface area (Å²) in [4.78, 5) is 32.0. The van der Waals surface area contributed by atoms with Crippen LogP contribution >= 0.6 is 11.3 Å². The van der Waals surface area contributed by atoms with E-state index in [2.05, 4.69) is 37.4 Å². The summed E-state index contributed by atoms with van der Waals surface area (Å²) in [5, 5.41) is 2.06. The molecule has 0 saturated heterocycles. The number of amides is 2. The zero-order chi connectivity index (χ0) is 27.1. The molecule has 0 radical (unpaired) electrons. The van der Waals surface area contributed by atoms with Crippen LogP contribution in [0.3, 0.4) is 0 Å². The van der Waals surface area contributed by atoms with Crippen LogP contribution in [0.25, 0.3) is 0 Å². The highest BCUT2D eigenvalue weighted by molar-refractivity contribution is 7.10. The van der Waals surface area contributed by atoms with E-state index in [-0.39, 0.29) is 30.2 Å². The molecule has 1 aliphatic carbocycles. The summed E-state index contributed by atoms with van der Waals surface area (Å²) in [5.41, 5.74) is 3.45. The highest BCUT2D eigenvalue weighted by Crippen LogP contribution is 2.48. The zero-order valence-electron chi connectivity index (χ0n) is 22.8. The maximum absolute atomic E-state index is 13.7. The third kappa shape index (κ3) is 6.76. The normalized spacial score (nSPS) is 16.1. The molecule has 3 aromatic rings. The van der Waals surface area contributed by atoms with Gasteiger partial charge < -0.3 is 19.3 Å². The van der Waals surface area contributed by atoms with Gasteiger partial charge in [-0.1, -0.05) is 43.3 Å². The van der Waals surface area contributed by atoms with Gasteiger partial charge in [-0.3, -0.25) is 9.59 Å². The standard InChI is InChI=1S/C31H38N2O4S/c1-5-15-33(31(35)26-19-25(26)24-9-7-6-8-10-24)21-30(34)32(20-29-22(2)14-17-38-29)16-13-23-11-12-27(36-3)28(18-23)37-4/h6-12,14,17-18,25-26H,5,13,15-16,19-21H2,1-4H3. The molecule has 1 aliphatic rings. The van der Waals surface area contributed by atoms with Crippen LogP contribution in [-0.4, -0.2) is 55.5 Å². The van der Waals surface area contributed by atoms with E-state index in [1.165, 1.54) is 16.0 Å². The Kier molecular flexibility index (Phi) is 9.45. The Labute approximate surface area is 230 Å². The van der Waals surface area contributed by atoms with Crippen molar-refractivity contribution in [3.63, 3.8) is 0 Å². The lowest BCUT2D eigenvalue weighted by Gasteiger charge is -2.28. The van der Waals surface area contributed by atoms with E-state index in [9.17, 15) is 9.59 Å². The number of hydrogen-bond acceptors (Lipinski definition) is 5. The number of benzene rings is 2. The molecule has 6 nitrogen and oxygen atoms in total. The van der Waals surface area contributed by atoms with E-state index in [1.807, 2.05) is 41.3 Å². The predicted octanol–water partition coefficient (Wildman–Crippen LogP) is 5.69. The van der Waals surface area contributed by atoms with Gasteiger partial charge in [-0.2, -0.15) is 0 Å². The average Bonchev–Trinajstić information content (AvgIpc) is 3.65. The van der Waals surface area contributed by atoms with Crippen LogP contribution in [0.1, 0.15) is 47.3 Å². The summed E-state index contributed by atoms with van der Waals surface area (Å²) in [5.74, 6) is 1.66. The van der Waals surface area contributed by atoms with Crippen LogP contribution in [0, 0.1) is 12.8 Å². The van der Waals surface area contributed by atoms with Gasteiger partial charge in [0.2, 0.25) is 11.8 Å². The Bertz CT molecular complexity index is 1230. The molecule has 0 bridgehead atoms. The third-order valence-electron chi connectivity index (χ3n) is 7.24. The minimum absolute atomic E-state index is 0.0167. The Balaban J connectivity index is 1.46. The van der Waals surface area contributed by atoms with Crippen molar-refractivity contribution in [3.8, 4) is 11.5 Å². The Morgan fingerprint density at radius 1 is 0.974 bits per heavy atom. The number of thiophene rings is 1. The molecule has 0 spiro atoms. The van der Waals surface area contributed by atoms with Crippen molar-refractivity contribution in [2.45, 2.75) is 45.6 Å². The van der Waals surface area contributed by atoms with Gasteiger partial charge in [0, 0.05) is 23.9 Å². The fraction of sp³-hybridized carbons (Fsp3) is 0.419. The van der Waals surface area contributed by atoms with Crippen molar-refractivity contribution in [1.82, 2.24) is 9.80 Å². The summed E-state index contributed by atoms with van der Waals surface area (Å²) in [6, 6.07) is 18.2. The lowest BCUT2D eigenvalue weighted by Crippen LogP contribution is -2.44. The number of carbonyl (C=O) groups excluding carboxylic acids is 2. The quantitative estimate of drug-likeness (QED) is 0.283. The van der Waals surface area contributed by atoms with Crippen LogP contribution in [0.5, 0.6) is 11.5 Å². The molecule has 1 saturated carbocycles. The van der Waals surface area contributed by atoms with Gasteiger partial charge >= 0.3 is 0 Å². The molecule has 2 unspecified atom stereocenters. The smallest absolute Gasteiger partial charge is 0.242 e. The zero-order valence-corrected chi connectivity index (χ0v) is 23.6. The van der Waals surface area contributed by atoms with Gasteiger partial charge in [-0.25, -0.2) is 0 Å². The second kappa shape index (κ2) is 13.0. The molecule has 0 N–H and O–H groups in total. The Hall–Kier alpha value is -3.32. The van der Waals surface area contributed by atoms with Crippen LogP contribution < -0.4 is 9.47 Å². The molecule has 4 rings (SSSR count). The summed E-state index contributed by atoms with van der Waals surface area (Å²) in [6.07, 6.45) is 2.35. The lowest BCUT2D eigenvalue weighted by molar-refractivity contribution is -0.141. The molecule has 38 heavy (non-hydrogen) atoms. The lowest BCUT2D eigenvalue weighted by atomic mass is 10.1. The largest absolute Gasteiger partial charge is 0.493 e. The molecular weight excluding hydrogens is 496 g/mol. The second-order valence-electron chi connectivity index (χ2n) is 9.90. The fourth-order valence-corrected chi connectivity index (χ4v) is 5.82. The number of hydrogen-bond donors (Lipinski definition) is 0. The number of ether oxygens (including phenoxy) is 2. The highest BCUT2D eigenvalue weighted by atomic mass is 32.1. The number of aryl methyl sites for hydroxylation is 1. The van der Waals surface area contributed by atoms with E-state index in [4.69, 9.17) is 9.47 Å². The van der Waals surface area contributed by atoms with Gasteiger partial charge in [0.05, 0.1) is 27.3 Å². The van der Waals surface area contributed by atoms with E-state index in [0.29, 0.717) is 37.6 Å². The summed E-state index contributed by atoms with van der Waals surface area (Å²) in [6.45, 7) is 5.92. The SMILES string of the molecule is CCCN(CC(=O)N(CCc1ccc(OC)c(OC)c1)Cc1sccc1C)C(=O)C1CC1c1ccccc1.